The number of hydrogen-bond donors (Lipinski definition) is 2. The number of nitrogen functional groups attached to an aromatic ring is 1. The predicted molar refractivity (Wildman–Crippen MR) is 71.7 cm³/mol. The van der Waals surface area contributed by atoms with Crippen LogP contribution in [0.15, 0.2) is 18.2 Å². The van der Waals surface area contributed by atoms with Crippen molar-refractivity contribution in [2.45, 2.75) is 25.9 Å². The molecule has 0 saturated carbocycles. The minimum absolute atomic E-state index is 0.119. The number of hydrogen-bond acceptors (Lipinski definition) is 4. The Morgan fingerprint density at radius 2 is 2.06 bits per heavy atom. The second kappa shape index (κ2) is 5.73. The molecule has 1 rings (SSSR count). The highest BCUT2D eigenvalue weighted by molar-refractivity contribution is 5.92. The Labute approximate surface area is 107 Å². The molecule has 1 aromatic rings. The van der Waals surface area contributed by atoms with Gasteiger partial charge in [-0.2, -0.15) is 0 Å². The van der Waals surface area contributed by atoms with Gasteiger partial charge in [-0.3, -0.25) is 4.79 Å². The molecule has 3 N–H and O–H groups in total. The van der Waals surface area contributed by atoms with E-state index < -0.39 is 5.60 Å². The summed E-state index contributed by atoms with van der Waals surface area (Å²) >= 11 is 0. The van der Waals surface area contributed by atoms with Gasteiger partial charge in [-0.15, -0.1) is 0 Å². The Hall–Kier alpha value is -1.75. The molecule has 0 unspecified atom stereocenters. The van der Waals surface area contributed by atoms with Gasteiger partial charge in [-0.1, -0.05) is 0 Å². The van der Waals surface area contributed by atoms with E-state index >= 15 is 0 Å². The first-order valence-electron chi connectivity index (χ1n) is 5.66. The van der Waals surface area contributed by atoms with Gasteiger partial charge in [0.2, 0.25) is 5.91 Å². The molecular weight excluding hydrogens is 232 g/mol. The van der Waals surface area contributed by atoms with Crippen LogP contribution in [0.2, 0.25) is 0 Å². The quantitative estimate of drug-likeness (QED) is 0.786. The topological polar surface area (TPSA) is 73.6 Å². The van der Waals surface area contributed by atoms with Crippen LogP contribution in [0.3, 0.4) is 0 Å². The van der Waals surface area contributed by atoms with Crippen molar-refractivity contribution in [2.24, 2.45) is 0 Å². The summed E-state index contributed by atoms with van der Waals surface area (Å²) in [6.07, 6.45) is 0.273. The lowest BCUT2D eigenvalue weighted by Gasteiger charge is -2.22. The fourth-order valence-electron chi connectivity index (χ4n) is 1.48. The van der Waals surface area contributed by atoms with E-state index in [2.05, 4.69) is 5.32 Å². The van der Waals surface area contributed by atoms with Gasteiger partial charge in [0.15, 0.2) is 0 Å². The molecule has 100 valence electrons. The molecule has 5 nitrogen and oxygen atoms in total. The number of nitrogens with two attached hydrogens (primary N) is 1. The number of benzene rings is 1. The van der Waals surface area contributed by atoms with Crippen molar-refractivity contribution >= 4 is 17.3 Å². The first-order chi connectivity index (χ1) is 8.38. The van der Waals surface area contributed by atoms with Crippen LogP contribution in [-0.4, -0.2) is 25.7 Å². The third kappa shape index (κ3) is 3.92. The summed E-state index contributed by atoms with van der Waals surface area (Å²) in [5.74, 6) is 0.469. The van der Waals surface area contributed by atoms with Gasteiger partial charge in [0, 0.05) is 12.8 Å². The molecule has 5 heteroatoms. The fraction of sp³-hybridized carbons (Fsp3) is 0.462. The smallest absolute Gasteiger partial charge is 0.227 e. The first-order valence-corrected chi connectivity index (χ1v) is 5.66. The Bertz CT molecular complexity index is 430. The van der Waals surface area contributed by atoms with Crippen LogP contribution in [0.1, 0.15) is 20.3 Å². The van der Waals surface area contributed by atoms with Gasteiger partial charge in [0.1, 0.15) is 5.75 Å². The van der Waals surface area contributed by atoms with Gasteiger partial charge in [0.05, 0.1) is 24.8 Å². The van der Waals surface area contributed by atoms with Crippen LogP contribution in [0.4, 0.5) is 11.4 Å². The van der Waals surface area contributed by atoms with Crippen LogP contribution in [0.25, 0.3) is 0 Å². The third-order valence-electron chi connectivity index (χ3n) is 2.65. The SMILES string of the molecule is COc1ccc(NC(=O)CC(C)(C)OC)cc1N. The predicted octanol–water partition coefficient (Wildman–Crippen LogP) is 2.03. The molecule has 0 radical (unpaired) electrons. The molecular formula is C13H20N2O3. The number of rotatable bonds is 5. The maximum absolute atomic E-state index is 11.8. The normalized spacial score (nSPS) is 11.1. The van der Waals surface area contributed by atoms with Gasteiger partial charge in [-0.05, 0) is 32.0 Å². The highest BCUT2D eigenvalue weighted by Crippen LogP contribution is 2.25. The maximum Gasteiger partial charge on any atom is 0.227 e. The summed E-state index contributed by atoms with van der Waals surface area (Å²) in [5, 5.41) is 2.77. The summed E-state index contributed by atoms with van der Waals surface area (Å²) < 4.78 is 10.2. The van der Waals surface area contributed by atoms with Crippen molar-refractivity contribution in [2.75, 3.05) is 25.3 Å². The molecule has 0 aromatic heterocycles. The average molecular weight is 252 g/mol. The van der Waals surface area contributed by atoms with E-state index in [9.17, 15) is 4.79 Å². The van der Waals surface area contributed by atoms with Crippen molar-refractivity contribution in [1.29, 1.82) is 0 Å². The minimum atomic E-state index is -0.484. The number of carbonyl (C=O) groups excluding carboxylic acids is 1. The molecule has 0 saturated heterocycles. The van der Waals surface area contributed by atoms with Crippen LogP contribution in [-0.2, 0) is 9.53 Å². The van der Waals surface area contributed by atoms with Gasteiger partial charge in [-0.25, -0.2) is 0 Å². The van der Waals surface area contributed by atoms with Crippen molar-refractivity contribution in [3.63, 3.8) is 0 Å². The van der Waals surface area contributed by atoms with Crippen molar-refractivity contribution in [3.05, 3.63) is 18.2 Å². The second-order valence-corrected chi connectivity index (χ2v) is 4.65. The first kappa shape index (κ1) is 14.3. The monoisotopic (exact) mass is 252 g/mol. The molecule has 0 aliphatic rings. The van der Waals surface area contributed by atoms with Crippen LogP contribution in [0, 0.1) is 0 Å². The Morgan fingerprint density at radius 1 is 1.39 bits per heavy atom. The second-order valence-electron chi connectivity index (χ2n) is 4.65. The van der Waals surface area contributed by atoms with E-state index in [-0.39, 0.29) is 12.3 Å². The van der Waals surface area contributed by atoms with Gasteiger partial charge >= 0.3 is 0 Å². The number of amides is 1. The number of anilines is 2. The van der Waals surface area contributed by atoms with E-state index in [4.69, 9.17) is 15.2 Å². The zero-order chi connectivity index (χ0) is 13.8. The lowest BCUT2D eigenvalue weighted by Crippen LogP contribution is -2.29. The van der Waals surface area contributed by atoms with Crippen molar-refractivity contribution in [1.82, 2.24) is 0 Å². The number of carbonyl (C=O) groups is 1. The summed E-state index contributed by atoms with van der Waals surface area (Å²) in [6.45, 7) is 3.71. The highest BCUT2D eigenvalue weighted by Gasteiger charge is 2.21. The number of ether oxygens (including phenoxy) is 2. The summed E-state index contributed by atoms with van der Waals surface area (Å²) in [6, 6.07) is 5.12. The van der Waals surface area contributed by atoms with Crippen LogP contribution >= 0.6 is 0 Å². The lowest BCUT2D eigenvalue weighted by molar-refractivity contribution is -0.121. The molecule has 0 heterocycles. The number of methoxy groups -OCH3 is 2. The van der Waals surface area contributed by atoms with Crippen LogP contribution in [0.5, 0.6) is 5.75 Å². The number of nitrogens with one attached hydrogen (secondary N) is 1. The highest BCUT2D eigenvalue weighted by atomic mass is 16.5. The summed E-state index contributed by atoms with van der Waals surface area (Å²) in [7, 11) is 3.13. The van der Waals surface area contributed by atoms with Crippen LogP contribution < -0.4 is 15.8 Å². The zero-order valence-corrected chi connectivity index (χ0v) is 11.2. The molecule has 0 bridgehead atoms. The lowest BCUT2D eigenvalue weighted by atomic mass is 10.0. The summed E-state index contributed by atoms with van der Waals surface area (Å²) in [4.78, 5) is 11.8. The van der Waals surface area contributed by atoms with E-state index in [0.29, 0.717) is 17.1 Å². The Balaban J connectivity index is 2.68. The Morgan fingerprint density at radius 3 is 2.56 bits per heavy atom. The average Bonchev–Trinajstić information content (AvgIpc) is 2.28. The van der Waals surface area contributed by atoms with Gasteiger partial charge < -0.3 is 20.5 Å². The molecule has 1 amide bonds. The van der Waals surface area contributed by atoms with E-state index in [0.717, 1.165) is 0 Å². The van der Waals surface area contributed by atoms with Gasteiger partial charge in [0.25, 0.3) is 0 Å². The maximum atomic E-state index is 11.8. The third-order valence-corrected chi connectivity index (χ3v) is 2.65. The summed E-state index contributed by atoms with van der Waals surface area (Å²) in [5.41, 5.74) is 6.41. The minimum Gasteiger partial charge on any atom is -0.495 e. The van der Waals surface area contributed by atoms with Crippen molar-refractivity contribution in [3.8, 4) is 5.75 Å². The molecule has 0 spiro atoms. The zero-order valence-electron chi connectivity index (χ0n) is 11.2. The van der Waals surface area contributed by atoms with E-state index in [1.54, 1.807) is 32.4 Å². The molecule has 0 aliphatic heterocycles. The molecule has 18 heavy (non-hydrogen) atoms. The molecule has 0 aliphatic carbocycles. The molecule has 0 fully saturated rings. The Kier molecular flexibility index (Phi) is 4.55. The standard InChI is InChI=1S/C13H20N2O3/c1-13(2,18-4)8-12(16)15-9-5-6-11(17-3)10(14)7-9/h5-7H,8,14H2,1-4H3,(H,15,16). The largest absolute Gasteiger partial charge is 0.495 e. The molecule has 1 aromatic carbocycles. The van der Waals surface area contributed by atoms with E-state index in [1.807, 2.05) is 13.8 Å². The van der Waals surface area contributed by atoms with E-state index in [1.165, 1.54) is 0 Å². The molecule has 0 atom stereocenters. The fourth-order valence-corrected chi connectivity index (χ4v) is 1.48. The van der Waals surface area contributed by atoms with Crippen molar-refractivity contribution < 1.29 is 14.3 Å².